The number of hydrogen-bond acceptors (Lipinski definition) is 4. The largest absolute Gasteiger partial charge is 0.368 e. The Hall–Kier alpha value is -3.19. The molecule has 6 nitrogen and oxygen atoms in total. The SMILES string of the molecule is NC(=O)C1C2C(=O)N(c3ccc(F)c(Cl)c3)C(=O)C2C2c3ccccc3C=CN12. The van der Waals surface area contributed by atoms with E-state index in [1.165, 1.54) is 12.1 Å². The van der Waals surface area contributed by atoms with E-state index in [-0.39, 0.29) is 10.7 Å². The van der Waals surface area contributed by atoms with Gasteiger partial charge in [0.2, 0.25) is 17.7 Å². The first-order chi connectivity index (χ1) is 13.9. The van der Waals surface area contributed by atoms with E-state index in [0.29, 0.717) is 0 Å². The van der Waals surface area contributed by atoms with Crippen LogP contribution in [0.1, 0.15) is 17.2 Å². The molecule has 29 heavy (non-hydrogen) atoms. The molecular weight excluding hydrogens is 397 g/mol. The summed E-state index contributed by atoms with van der Waals surface area (Å²) in [7, 11) is 0. The van der Waals surface area contributed by atoms with Crippen LogP contribution in [0.3, 0.4) is 0 Å². The van der Waals surface area contributed by atoms with Gasteiger partial charge in [-0.2, -0.15) is 0 Å². The fourth-order valence-electron chi connectivity index (χ4n) is 4.76. The molecule has 2 aromatic carbocycles. The lowest BCUT2D eigenvalue weighted by Crippen LogP contribution is -2.46. The summed E-state index contributed by atoms with van der Waals surface area (Å²) in [6.45, 7) is 0. The normalized spacial score (nSPS) is 27.1. The summed E-state index contributed by atoms with van der Waals surface area (Å²) in [5.74, 6) is -4.02. The zero-order valence-electron chi connectivity index (χ0n) is 15.0. The van der Waals surface area contributed by atoms with Gasteiger partial charge >= 0.3 is 0 Å². The number of anilines is 1. The molecular formula is C21H15ClFN3O3. The fourth-order valence-corrected chi connectivity index (χ4v) is 4.94. The highest BCUT2D eigenvalue weighted by atomic mass is 35.5. The van der Waals surface area contributed by atoms with Gasteiger partial charge in [0.05, 0.1) is 28.6 Å². The van der Waals surface area contributed by atoms with E-state index < -0.39 is 47.5 Å². The minimum atomic E-state index is -0.952. The number of fused-ring (bicyclic) bond motifs is 5. The second kappa shape index (κ2) is 6.15. The lowest BCUT2D eigenvalue weighted by Gasteiger charge is -2.34. The fraction of sp³-hybridized carbons (Fsp3) is 0.190. The van der Waals surface area contributed by atoms with Crippen LogP contribution in [-0.2, 0) is 14.4 Å². The maximum Gasteiger partial charge on any atom is 0.240 e. The molecule has 2 aromatic rings. The number of nitrogens with zero attached hydrogens (tertiary/aromatic N) is 2. The van der Waals surface area contributed by atoms with E-state index in [4.69, 9.17) is 17.3 Å². The summed E-state index contributed by atoms with van der Waals surface area (Å²) >= 11 is 5.85. The van der Waals surface area contributed by atoms with Crippen LogP contribution in [0.25, 0.3) is 6.08 Å². The number of primary amides is 1. The number of nitrogens with two attached hydrogens (primary N) is 1. The summed E-state index contributed by atoms with van der Waals surface area (Å²) in [6.07, 6.45) is 3.57. The van der Waals surface area contributed by atoms with Crippen molar-refractivity contribution >= 4 is 41.1 Å². The Labute approximate surface area is 170 Å². The monoisotopic (exact) mass is 411 g/mol. The molecule has 3 aliphatic heterocycles. The molecule has 3 aliphatic rings. The average molecular weight is 412 g/mol. The van der Waals surface area contributed by atoms with Crippen molar-refractivity contribution in [2.24, 2.45) is 17.6 Å². The Bertz CT molecular complexity index is 1120. The van der Waals surface area contributed by atoms with Crippen molar-refractivity contribution in [1.82, 2.24) is 4.90 Å². The molecule has 3 heterocycles. The van der Waals surface area contributed by atoms with Crippen molar-refractivity contribution in [2.75, 3.05) is 4.90 Å². The standard InChI is InChI=1S/C21H15ClFN3O3/c22-13-9-11(5-6-14(13)23)26-20(28)15-16(21(26)29)18(19(24)27)25-8-7-10-3-1-2-4-12(10)17(15)25/h1-9,15-18H,(H2,24,27). The summed E-state index contributed by atoms with van der Waals surface area (Å²) < 4.78 is 13.6. The Morgan fingerprint density at radius 3 is 2.52 bits per heavy atom. The predicted octanol–water partition coefficient (Wildman–Crippen LogP) is 2.48. The van der Waals surface area contributed by atoms with Crippen molar-refractivity contribution < 1.29 is 18.8 Å². The Balaban J connectivity index is 1.65. The average Bonchev–Trinajstić information content (AvgIpc) is 3.17. The van der Waals surface area contributed by atoms with E-state index in [0.717, 1.165) is 22.1 Å². The molecule has 4 unspecified atom stereocenters. The van der Waals surface area contributed by atoms with Crippen molar-refractivity contribution in [1.29, 1.82) is 0 Å². The third-order valence-corrected chi connectivity index (χ3v) is 6.20. The van der Waals surface area contributed by atoms with Crippen molar-refractivity contribution in [3.63, 3.8) is 0 Å². The number of benzene rings is 2. The van der Waals surface area contributed by atoms with Crippen LogP contribution in [0.2, 0.25) is 5.02 Å². The lowest BCUT2D eigenvalue weighted by atomic mass is 9.84. The van der Waals surface area contributed by atoms with Crippen molar-refractivity contribution in [2.45, 2.75) is 12.1 Å². The van der Waals surface area contributed by atoms with E-state index in [2.05, 4.69) is 0 Å². The molecule has 8 heteroatoms. The lowest BCUT2D eigenvalue weighted by molar-refractivity contribution is -0.129. The second-order valence-corrected chi connectivity index (χ2v) is 7.75. The maximum atomic E-state index is 13.6. The number of hydrogen-bond donors (Lipinski definition) is 1. The Morgan fingerprint density at radius 2 is 1.79 bits per heavy atom. The van der Waals surface area contributed by atoms with Crippen LogP contribution >= 0.6 is 11.6 Å². The highest BCUT2D eigenvalue weighted by Gasteiger charge is 2.64. The number of halogens is 2. The minimum Gasteiger partial charge on any atom is -0.368 e. The predicted molar refractivity (Wildman–Crippen MR) is 104 cm³/mol. The van der Waals surface area contributed by atoms with Crippen LogP contribution in [-0.4, -0.2) is 28.7 Å². The number of imide groups is 1. The number of carbonyl (C=O) groups excluding carboxylic acids is 3. The van der Waals surface area contributed by atoms with Crippen molar-refractivity contribution in [3.8, 4) is 0 Å². The molecule has 0 aromatic heterocycles. The molecule has 146 valence electrons. The topological polar surface area (TPSA) is 83.7 Å². The summed E-state index contributed by atoms with van der Waals surface area (Å²) in [5.41, 5.74) is 7.60. The van der Waals surface area contributed by atoms with Crippen LogP contribution < -0.4 is 10.6 Å². The van der Waals surface area contributed by atoms with Gasteiger partial charge in [-0.25, -0.2) is 9.29 Å². The first-order valence-electron chi connectivity index (χ1n) is 9.07. The summed E-state index contributed by atoms with van der Waals surface area (Å²) in [5, 5.41) is -0.195. The Kier molecular flexibility index (Phi) is 3.79. The number of amides is 3. The molecule has 0 radical (unpaired) electrons. The molecule has 0 bridgehead atoms. The highest BCUT2D eigenvalue weighted by molar-refractivity contribution is 6.31. The van der Waals surface area contributed by atoms with Crippen LogP contribution in [0.15, 0.2) is 48.7 Å². The van der Waals surface area contributed by atoms with Gasteiger partial charge in [-0.05, 0) is 35.4 Å². The third kappa shape index (κ3) is 2.37. The Morgan fingerprint density at radius 1 is 1.07 bits per heavy atom. The van der Waals surface area contributed by atoms with E-state index >= 15 is 0 Å². The molecule has 2 saturated heterocycles. The highest BCUT2D eigenvalue weighted by Crippen LogP contribution is 2.53. The van der Waals surface area contributed by atoms with E-state index in [9.17, 15) is 18.8 Å². The van der Waals surface area contributed by atoms with Crippen LogP contribution in [0, 0.1) is 17.7 Å². The van der Waals surface area contributed by atoms with Gasteiger partial charge in [-0.15, -0.1) is 0 Å². The van der Waals surface area contributed by atoms with E-state index in [1.807, 2.05) is 30.3 Å². The van der Waals surface area contributed by atoms with Gasteiger partial charge in [0, 0.05) is 6.20 Å². The zero-order valence-corrected chi connectivity index (χ0v) is 15.7. The minimum absolute atomic E-state index is 0.176. The maximum absolute atomic E-state index is 13.6. The second-order valence-electron chi connectivity index (χ2n) is 7.35. The molecule has 3 amide bonds. The van der Waals surface area contributed by atoms with Crippen LogP contribution in [0.4, 0.5) is 10.1 Å². The molecule has 2 N–H and O–H groups in total. The summed E-state index contributed by atoms with van der Waals surface area (Å²) in [6, 6.07) is 9.74. The quantitative estimate of drug-likeness (QED) is 0.769. The molecule has 0 saturated carbocycles. The van der Waals surface area contributed by atoms with Gasteiger partial charge in [0.25, 0.3) is 0 Å². The molecule has 5 rings (SSSR count). The van der Waals surface area contributed by atoms with Gasteiger partial charge in [0.1, 0.15) is 11.9 Å². The first kappa shape index (κ1) is 17.9. The van der Waals surface area contributed by atoms with Gasteiger partial charge < -0.3 is 10.6 Å². The molecule has 4 atom stereocenters. The molecule has 0 aliphatic carbocycles. The molecule has 0 spiro atoms. The van der Waals surface area contributed by atoms with Gasteiger partial charge in [-0.3, -0.25) is 14.4 Å². The van der Waals surface area contributed by atoms with Gasteiger partial charge in [0.15, 0.2) is 0 Å². The zero-order chi connectivity index (χ0) is 20.4. The third-order valence-electron chi connectivity index (χ3n) is 5.91. The van der Waals surface area contributed by atoms with Crippen LogP contribution in [0.5, 0.6) is 0 Å². The number of carbonyl (C=O) groups is 3. The van der Waals surface area contributed by atoms with Crippen molar-refractivity contribution in [3.05, 3.63) is 70.6 Å². The van der Waals surface area contributed by atoms with Gasteiger partial charge in [-0.1, -0.05) is 35.9 Å². The smallest absolute Gasteiger partial charge is 0.240 e. The summed E-state index contributed by atoms with van der Waals surface area (Å²) in [4.78, 5) is 41.7. The van der Waals surface area contributed by atoms with E-state index in [1.54, 1.807) is 11.1 Å². The first-order valence-corrected chi connectivity index (χ1v) is 9.44. The number of rotatable bonds is 2. The molecule has 2 fully saturated rings.